The maximum Gasteiger partial charge on any atom is 0.251 e. The number of carbonyl (C=O) groups is 1. The summed E-state index contributed by atoms with van der Waals surface area (Å²) in [6.45, 7) is 6.53. The van der Waals surface area contributed by atoms with Crippen LogP contribution in [-0.4, -0.2) is 11.9 Å². The Morgan fingerprint density at radius 1 is 1.39 bits per heavy atom. The van der Waals surface area contributed by atoms with Crippen LogP contribution in [0.25, 0.3) is 0 Å². The third-order valence-corrected chi connectivity index (χ3v) is 4.07. The Kier molecular flexibility index (Phi) is 3.81. The van der Waals surface area contributed by atoms with Crippen LogP contribution in [0.1, 0.15) is 49.0 Å². The summed E-state index contributed by atoms with van der Waals surface area (Å²) >= 11 is 3.43. The molecule has 1 atom stereocenters. The fraction of sp³-hybridized carbons (Fsp3) is 0.533. The summed E-state index contributed by atoms with van der Waals surface area (Å²) in [5, 5.41) is 3.15. The number of carbonyl (C=O) groups excluding carboxylic acids is 1. The van der Waals surface area contributed by atoms with Crippen molar-refractivity contribution in [2.75, 3.05) is 0 Å². The van der Waals surface area contributed by atoms with Crippen molar-refractivity contribution in [1.29, 1.82) is 0 Å². The van der Waals surface area contributed by atoms with Crippen LogP contribution in [0.5, 0.6) is 0 Å². The molecule has 2 rings (SSSR count). The lowest BCUT2D eigenvalue weighted by Crippen LogP contribution is -2.33. The van der Waals surface area contributed by atoms with Gasteiger partial charge < -0.3 is 5.32 Å². The van der Waals surface area contributed by atoms with Gasteiger partial charge in [-0.05, 0) is 55.4 Å². The van der Waals surface area contributed by atoms with Crippen molar-refractivity contribution in [2.24, 2.45) is 5.41 Å². The predicted octanol–water partition coefficient (Wildman–Crippen LogP) is 4.07. The van der Waals surface area contributed by atoms with E-state index < -0.39 is 0 Å². The molecular formula is C15H20BrNO. The van der Waals surface area contributed by atoms with E-state index in [0.717, 1.165) is 28.4 Å². The van der Waals surface area contributed by atoms with E-state index in [2.05, 4.69) is 35.1 Å². The zero-order valence-electron chi connectivity index (χ0n) is 11.2. The summed E-state index contributed by atoms with van der Waals surface area (Å²) < 4.78 is 0.958. The highest BCUT2D eigenvalue weighted by atomic mass is 79.9. The van der Waals surface area contributed by atoms with E-state index in [4.69, 9.17) is 0 Å². The van der Waals surface area contributed by atoms with Crippen molar-refractivity contribution in [2.45, 2.75) is 46.1 Å². The highest BCUT2D eigenvalue weighted by Crippen LogP contribution is 2.37. The Labute approximate surface area is 117 Å². The van der Waals surface area contributed by atoms with Crippen LogP contribution in [0, 0.1) is 12.3 Å². The molecule has 1 aromatic carbocycles. The highest BCUT2D eigenvalue weighted by molar-refractivity contribution is 9.10. The smallest absolute Gasteiger partial charge is 0.251 e. The van der Waals surface area contributed by atoms with Gasteiger partial charge in [0.05, 0.1) is 0 Å². The third-order valence-electron chi connectivity index (χ3n) is 3.61. The lowest BCUT2D eigenvalue weighted by Gasteiger charge is -2.18. The number of hydrogen-bond donors (Lipinski definition) is 1. The maximum absolute atomic E-state index is 12.2. The predicted molar refractivity (Wildman–Crippen MR) is 77.8 cm³/mol. The topological polar surface area (TPSA) is 29.1 Å². The average molecular weight is 310 g/mol. The van der Waals surface area contributed by atoms with Crippen molar-refractivity contribution < 1.29 is 4.79 Å². The summed E-state index contributed by atoms with van der Waals surface area (Å²) in [7, 11) is 0. The number of nitrogens with one attached hydrogen (secondary N) is 1. The molecule has 1 saturated carbocycles. The second-order valence-corrected chi connectivity index (χ2v) is 7.01. The van der Waals surface area contributed by atoms with Crippen LogP contribution in [-0.2, 0) is 0 Å². The van der Waals surface area contributed by atoms with E-state index in [0.29, 0.717) is 11.5 Å². The zero-order chi connectivity index (χ0) is 13.3. The van der Waals surface area contributed by atoms with Gasteiger partial charge >= 0.3 is 0 Å². The van der Waals surface area contributed by atoms with Gasteiger partial charge in [0, 0.05) is 16.1 Å². The normalized spacial score (nSPS) is 21.9. The van der Waals surface area contributed by atoms with E-state index in [1.54, 1.807) is 0 Å². The van der Waals surface area contributed by atoms with Gasteiger partial charge in [0.2, 0.25) is 0 Å². The first-order valence-electron chi connectivity index (χ1n) is 6.44. The number of halogens is 1. The van der Waals surface area contributed by atoms with E-state index in [1.165, 1.54) is 6.42 Å². The number of amides is 1. The Balaban J connectivity index is 2.04. The molecule has 0 spiro atoms. The number of benzene rings is 1. The molecule has 0 saturated heterocycles. The lowest BCUT2D eigenvalue weighted by molar-refractivity contribution is 0.0936. The molecule has 0 heterocycles. The molecule has 1 N–H and O–H groups in total. The molecule has 2 nitrogen and oxygen atoms in total. The fourth-order valence-electron chi connectivity index (χ4n) is 2.70. The first kappa shape index (κ1) is 13.6. The minimum Gasteiger partial charge on any atom is -0.349 e. The quantitative estimate of drug-likeness (QED) is 0.876. The second kappa shape index (κ2) is 5.04. The molecule has 1 aliphatic rings. The molecule has 1 amide bonds. The van der Waals surface area contributed by atoms with Crippen molar-refractivity contribution in [3.05, 3.63) is 33.8 Å². The minimum absolute atomic E-state index is 0.0436. The van der Waals surface area contributed by atoms with Crippen molar-refractivity contribution >= 4 is 21.8 Å². The lowest BCUT2D eigenvalue weighted by atomic mass is 9.92. The van der Waals surface area contributed by atoms with E-state index in [-0.39, 0.29) is 5.91 Å². The third kappa shape index (κ3) is 3.35. The van der Waals surface area contributed by atoms with Crippen LogP contribution >= 0.6 is 15.9 Å². The monoisotopic (exact) mass is 309 g/mol. The molecule has 0 aliphatic heterocycles. The Bertz CT molecular complexity index is 447. The number of hydrogen-bond acceptors (Lipinski definition) is 1. The van der Waals surface area contributed by atoms with Gasteiger partial charge in [0.25, 0.3) is 5.91 Å². The van der Waals surface area contributed by atoms with Crippen LogP contribution in [0.15, 0.2) is 22.7 Å². The molecule has 18 heavy (non-hydrogen) atoms. The van der Waals surface area contributed by atoms with Gasteiger partial charge in [0.1, 0.15) is 0 Å². The summed E-state index contributed by atoms with van der Waals surface area (Å²) in [5.74, 6) is 0.0436. The maximum atomic E-state index is 12.2. The molecule has 0 bridgehead atoms. The molecule has 1 aliphatic carbocycles. The Hall–Kier alpha value is -0.830. The number of rotatable bonds is 2. The van der Waals surface area contributed by atoms with Crippen molar-refractivity contribution in [1.82, 2.24) is 5.32 Å². The first-order valence-corrected chi connectivity index (χ1v) is 7.23. The number of aryl methyl sites for hydroxylation is 1. The summed E-state index contributed by atoms with van der Waals surface area (Å²) in [5.41, 5.74) is 2.21. The van der Waals surface area contributed by atoms with E-state index in [9.17, 15) is 4.79 Å². The summed E-state index contributed by atoms with van der Waals surface area (Å²) in [6.07, 6.45) is 3.35. The largest absolute Gasteiger partial charge is 0.349 e. The molecule has 1 unspecified atom stereocenters. The molecule has 3 heteroatoms. The SMILES string of the molecule is Cc1cc(Br)cc(C(=O)NC2CCC(C)(C)C2)c1. The van der Waals surface area contributed by atoms with Crippen molar-refractivity contribution in [3.8, 4) is 0 Å². The van der Waals surface area contributed by atoms with E-state index >= 15 is 0 Å². The molecular weight excluding hydrogens is 290 g/mol. The summed E-state index contributed by atoms with van der Waals surface area (Å²) in [4.78, 5) is 12.2. The molecule has 1 fully saturated rings. The average Bonchev–Trinajstić information content (AvgIpc) is 2.56. The molecule has 1 aromatic rings. The highest BCUT2D eigenvalue weighted by Gasteiger charge is 2.31. The fourth-order valence-corrected chi connectivity index (χ4v) is 3.30. The van der Waals surface area contributed by atoms with Crippen LogP contribution in [0.3, 0.4) is 0 Å². The van der Waals surface area contributed by atoms with Gasteiger partial charge in [0.15, 0.2) is 0 Å². The van der Waals surface area contributed by atoms with E-state index in [1.807, 2.05) is 25.1 Å². The molecule has 0 aromatic heterocycles. The van der Waals surface area contributed by atoms with Crippen LogP contribution < -0.4 is 5.32 Å². The van der Waals surface area contributed by atoms with Crippen LogP contribution in [0.2, 0.25) is 0 Å². The van der Waals surface area contributed by atoms with Crippen molar-refractivity contribution in [3.63, 3.8) is 0 Å². The van der Waals surface area contributed by atoms with Gasteiger partial charge in [-0.1, -0.05) is 29.8 Å². The Morgan fingerprint density at radius 3 is 2.67 bits per heavy atom. The molecule has 98 valence electrons. The Morgan fingerprint density at radius 2 is 2.11 bits per heavy atom. The standard InChI is InChI=1S/C15H20BrNO/c1-10-6-11(8-12(16)7-10)14(18)17-13-4-5-15(2,3)9-13/h6-8,13H,4-5,9H2,1-3H3,(H,17,18). The second-order valence-electron chi connectivity index (χ2n) is 6.09. The first-order chi connectivity index (χ1) is 8.35. The summed E-state index contributed by atoms with van der Waals surface area (Å²) in [6, 6.07) is 6.14. The van der Waals surface area contributed by atoms with Gasteiger partial charge in [-0.25, -0.2) is 0 Å². The van der Waals surface area contributed by atoms with Gasteiger partial charge in [-0.15, -0.1) is 0 Å². The van der Waals surface area contributed by atoms with Gasteiger partial charge in [-0.3, -0.25) is 4.79 Å². The minimum atomic E-state index is 0.0436. The van der Waals surface area contributed by atoms with Crippen LogP contribution in [0.4, 0.5) is 0 Å². The molecule has 0 radical (unpaired) electrons. The van der Waals surface area contributed by atoms with Gasteiger partial charge in [-0.2, -0.15) is 0 Å². The zero-order valence-corrected chi connectivity index (χ0v) is 12.8.